The summed E-state index contributed by atoms with van der Waals surface area (Å²) in [5, 5.41) is 4.90. The molecule has 1 saturated carbocycles. The fourth-order valence-corrected chi connectivity index (χ4v) is 3.77. The maximum atomic E-state index is 4.97. The number of fused-ring (bicyclic) bond motifs is 1. The van der Waals surface area contributed by atoms with Gasteiger partial charge < -0.3 is 10.2 Å². The van der Waals surface area contributed by atoms with E-state index in [1.807, 2.05) is 11.8 Å². The molecule has 21 heavy (non-hydrogen) atoms. The number of nitrogens with zero attached hydrogens (tertiary/aromatic N) is 2. The minimum atomic E-state index is 0.737. The van der Waals surface area contributed by atoms with Gasteiger partial charge in [-0.1, -0.05) is 18.2 Å². The summed E-state index contributed by atoms with van der Waals surface area (Å²) in [6.45, 7) is 3.18. The highest BCUT2D eigenvalue weighted by Gasteiger charge is 2.22. The second kappa shape index (κ2) is 5.85. The summed E-state index contributed by atoms with van der Waals surface area (Å²) in [6, 6.07) is 11.5. The van der Waals surface area contributed by atoms with Crippen molar-refractivity contribution in [1.29, 1.82) is 0 Å². The van der Waals surface area contributed by atoms with E-state index in [0.29, 0.717) is 0 Å². The third-order valence-electron chi connectivity index (χ3n) is 4.25. The van der Waals surface area contributed by atoms with Crippen molar-refractivity contribution in [3.63, 3.8) is 0 Å². The Balaban J connectivity index is 1.70. The van der Waals surface area contributed by atoms with E-state index in [1.54, 1.807) is 0 Å². The Morgan fingerprint density at radius 1 is 1.19 bits per heavy atom. The van der Waals surface area contributed by atoms with Gasteiger partial charge in [-0.2, -0.15) is 11.8 Å². The summed E-state index contributed by atoms with van der Waals surface area (Å²) in [5.41, 5.74) is 2.47. The normalized spacial score (nSPS) is 19.1. The summed E-state index contributed by atoms with van der Waals surface area (Å²) in [4.78, 5) is 7.44. The van der Waals surface area contributed by atoms with Crippen molar-refractivity contribution in [3.8, 4) is 0 Å². The van der Waals surface area contributed by atoms with Crippen molar-refractivity contribution in [3.05, 3.63) is 35.9 Å². The fourth-order valence-electron chi connectivity index (χ4n) is 2.87. The van der Waals surface area contributed by atoms with E-state index in [9.17, 15) is 0 Å². The Morgan fingerprint density at radius 2 is 2.00 bits per heavy atom. The summed E-state index contributed by atoms with van der Waals surface area (Å²) >= 11 is 2.05. The number of hydrogen-bond donors (Lipinski definition) is 1. The first-order valence-corrected chi connectivity index (χ1v) is 9.00. The molecule has 4 rings (SSSR count). The highest BCUT2D eigenvalue weighted by molar-refractivity contribution is 7.99. The molecular formula is C17H21N3S. The molecular weight excluding hydrogens is 278 g/mol. The Labute approximate surface area is 130 Å². The van der Waals surface area contributed by atoms with Gasteiger partial charge in [0.05, 0.1) is 5.52 Å². The number of hydrogen-bond acceptors (Lipinski definition) is 4. The molecule has 2 aliphatic rings. The van der Waals surface area contributed by atoms with E-state index >= 15 is 0 Å². The summed E-state index contributed by atoms with van der Waals surface area (Å²) in [7, 11) is 0. The number of anilines is 1. The molecule has 3 nitrogen and oxygen atoms in total. The van der Waals surface area contributed by atoms with Crippen LogP contribution in [0.4, 0.5) is 5.82 Å². The van der Waals surface area contributed by atoms with Crippen molar-refractivity contribution in [2.24, 2.45) is 0 Å². The van der Waals surface area contributed by atoms with Crippen LogP contribution in [0.5, 0.6) is 0 Å². The third-order valence-corrected chi connectivity index (χ3v) is 5.19. The van der Waals surface area contributed by atoms with E-state index in [1.165, 1.54) is 41.1 Å². The molecule has 110 valence electrons. The molecule has 1 aliphatic carbocycles. The Hall–Kier alpha value is -1.26. The van der Waals surface area contributed by atoms with Crippen LogP contribution in [-0.2, 0) is 6.54 Å². The second-order valence-corrected chi connectivity index (χ2v) is 7.14. The molecule has 4 heteroatoms. The number of aromatic nitrogens is 1. The van der Waals surface area contributed by atoms with E-state index in [2.05, 4.69) is 40.5 Å². The summed E-state index contributed by atoms with van der Waals surface area (Å²) < 4.78 is 0. The quantitative estimate of drug-likeness (QED) is 0.939. The topological polar surface area (TPSA) is 28.2 Å². The zero-order valence-corrected chi connectivity index (χ0v) is 13.0. The summed E-state index contributed by atoms with van der Waals surface area (Å²) in [6.07, 6.45) is 2.66. The monoisotopic (exact) mass is 299 g/mol. The highest BCUT2D eigenvalue weighted by Crippen LogP contribution is 2.27. The van der Waals surface area contributed by atoms with Gasteiger partial charge >= 0.3 is 0 Å². The highest BCUT2D eigenvalue weighted by atomic mass is 32.2. The van der Waals surface area contributed by atoms with Gasteiger partial charge in [0.1, 0.15) is 5.82 Å². The lowest BCUT2D eigenvalue weighted by atomic mass is 10.1. The van der Waals surface area contributed by atoms with E-state index in [0.717, 1.165) is 31.2 Å². The van der Waals surface area contributed by atoms with Crippen molar-refractivity contribution in [2.45, 2.75) is 25.4 Å². The zero-order valence-electron chi connectivity index (χ0n) is 12.2. The van der Waals surface area contributed by atoms with Crippen LogP contribution < -0.4 is 10.2 Å². The van der Waals surface area contributed by atoms with E-state index in [-0.39, 0.29) is 0 Å². The number of pyridine rings is 1. The van der Waals surface area contributed by atoms with Crippen LogP contribution in [0.1, 0.15) is 18.4 Å². The lowest BCUT2D eigenvalue weighted by molar-refractivity contribution is 0.682. The van der Waals surface area contributed by atoms with Crippen LogP contribution in [-0.4, -0.2) is 35.6 Å². The Bertz CT molecular complexity index is 633. The maximum Gasteiger partial charge on any atom is 0.133 e. The van der Waals surface area contributed by atoms with Crippen LogP contribution in [0.25, 0.3) is 10.9 Å². The molecule has 2 aromatic rings. The number of rotatable bonds is 4. The molecule has 0 atom stereocenters. The van der Waals surface area contributed by atoms with Gasteiger partial charge in [0.2, 0.25) is 0 Å². The number of thioether (sulfide) groups is 1. The van der Waals surface area contributed by atoms with Crippen LogP contribution in [0, 0.1) is 0 Å². The van der Waals surface area contributed by atoms with Gasteiger partial charge in [0.15, 0.2) is 0 Å². The molecule has 2 heterocycles. The lowest BCUT2D eigenvalue weighted by Crippen LogP contribution is -2.34. The molecule has 0 unspecified atom stereocenters. The standard InChI is InChI=1S/C17H21N3S/c1-2-4-16-13(3-1)11-14(12-18-15-5-6-15)17(19-16)20-7-9-21-10-8-20/h1-4,11,15,18H,5-10,12H2. The van der Waals surface area contributed by atoms with Gasteiger partial charge in [0, 0.05) is 48.1 Å². The molecule has 0 bridgehead atoms. The van der Waals surface area contributed by atoms with Crippen LogP contribution in [0.2, 0.25) is 0 Å². The first-order chi connectivity index (χ1) is 10.4. The molecule has 1 aromatic heterocycles. The van der Waals surface area contributed by atoms with Gasteiger partial charge in [-0.05, 0) is 25.0 Å². The SMILES string of the molecule is c1ccc2nc(N3CCSCC3)c(CNC3CC3)cc2c1. The van der Waals surface area contributed by atoms with Crippen molar-refractivity contribution in [2.75, 3.05) is 29.5 Å². The van der Waals surface area contributed by atoms with Crippen molar-refractivity contribution < 1.29 is 0 Å². The van der Waals surface area contributed by atoms with Crippen LogP contribution in [0.3, 0.4) is 0 Å². The van der Waals surface area contributed by atoms with Gasteiger partial charge in [-0.25, -0.2) is 4.98 Å². The smallest absolute Gasteiger partial charge is 0.133 e. The minimum Gasteiger partial charge on any atom is -0.355 e. The van der Waals surface area contributed by atoms with Crippen LogP contribution in [0.15, 0.2) is 30.3 Å². The summed E-state index contributed by atoms with van der Waals surface area (Å²) in [5.74, 6) is 3.62. The number of benzene rings is 1. The van der Waals surface area contributed by atoms with Gasteiger partial charge in [-0.15, -0.1) is 0 Å². The van der Waals surface area contributed by atoms with Crippen molar-refractivity contribution in [1.82, 2.24) is 10.3 Å². The average molecular weight is 299 g/mol. The zero-order chi connectivity index (χ0) is 14.1. The molecule has 1 saturated heterocycles. The van der Waals surface area contributed by atoms with Gasteiger partial charge in [0.25, 0.3) is 0 Å². The number of nitrogens with one attached hydrogen (secondary N) is 1. The predicted molar refractivity (Wildman–Crippen MR) is 91.1 cm³/mol. The largest absolute Gasteiger partial charge is 0.355 e. The molecule has 1 aliphatic heterocycles. The lowest BCUT2D eigenvalue weighted by Gasteiger charge is -2.29. The molecule has 2 fully saturated rings. The molecule has 0 amide bonds. The number of para-hydroxylation sites is 1. The molecule has 1 N–H and O–H groups in total. The first-order valence-electron chi connectivity index (χ1n) is 7.85. The van der Waals surface area contributed by atoms with Gasteiger partial charge in [-0.3, -0.25) is 0 Å². The van der Waals surface area contributed by atoms with E-state index < -0.39 is 0 Å². The molecule has 0 radical (unpaired) electrons. The Morgan fingerprint density at radius 3 is 2.81 bits per heavy atom. The Kier molecular flexibility index (Phi) is 3.74. The predicted octanol–water partition coefficient (Wildman–Crippen LogP) is 3.04. The first kappa shape index (κ1) is 13.4. The molecule has 0 spiro atoms. The third kappa shape index (κ3) is 3.01. The second-order valence-electron chi connectivity index (χ2n) is 5.92. The van der Waals surface area contributed by atoms with Crippen LogP contribution >= 0.6 is 11.8 Å². The van der Waals surface area contributed by atoms with Crippen molar-refractivity contribution >= 4 is 28.5 Å². The minimum absolute atomic E-state index is 0.737. The maximum absolute atomic E-state index is 4.97. The average Bonchev–Trinajstić information content (AvgIpc) is 3.37. The molecule has 1 aromatic carbocycles. The fraction of sp³-hybridized carbons (Fsp3) is 0.471. The van der Waals surface area contributed by atoms with E-state index in [4.69, 9.17) is 4.98 Å².